The van der Waals surface area contributed by atoms with E-state index in [4.69, 9.17) is 11.6 Å². The summed E-state index contributed by atoms with van der Waals surface area (Å²) in [6, 6.07) is 11.4. The number of nitrogens with one attached hydrogen (secondary N) is 1. The van der Waals surface area contributed by atoms with Gasteiger partial charge < -0.3 is 4.90 Å². The minimum absolute atomic E-state index is 0.0206. The van der Waals surface area contributed by atoms with Gasteiger partial charge in [-0.25, -0.2) is 18.4 Å². The molecule has 180 valence electrons. The summed E-state index contributed by atoms with van der Waals surface area (Å²) >= 11 is 5.97. The van der Waals surface area contributed by atoms with E-state index in [1.807, 2.05) is 0 Å². The molecule has 7 nitrogen and oxygen atoms in total. The number of carbonyl (C=O) groups excluding carboxylic acids is 1. The number of halogens is 4. The lowest BCUT2D eigenvalue weighted by Gasteiger charge is -2.27. The molecule has 1 fully saturated rings. The molecule has 1 N–H and O–H groups in total. The lowest BCUT2D eigenvalue weighted by Crippen LogP contribution is -2.49. The van der Waals surface area contributed by atoms with Gasteiger partial charge in [0.2, 0.25) is 5.91 Å². The molecule has 1 aliphatic rings. The van der Waals surface area contributed by atoms with Crippen LogP contribution in [0.4, 0.5) is 18.9 Å². The van der Waals surface area contributed by atoms with E-state index >= 15 is 0 Å². The molecule has 1 aliphatic carbocycles. The van der Waals surface area contributed by atoms with Gasteiger partial charge in [0.1, 0.15) is 10.7 Å². The Hall–Kier alpha value is -2.76. The number of hydrogen-bond acceptors (Lipinski definition) is 6. The zero-order chi connectivity index (χ0) is 24.7. The molecular weight excluding hydrogens is 493 g/mol. The van der Waals surface area contributed by atoms with Crippen LogP contribution in [0.3, 0.4) is 0 Å². The van der Waals surface area contributed by atoms with E-state index in [1.54, 1.807) is 30.3 Å². The molecule has 3 aromatic rings. The van der Waals surface area contributed by atoms with Crippen LogP contribution in [0.1, 0.15) is 18.4 Å². The van der Waals surface area contributed by atoms with Crippen molar-refractivity contribution in [3.05, 3.63) is 59.4 Å². The van der Waals surface area contributed by atoms with Crippen molar-refractivity contribution in [1.82, 2.24) is 15.3 Å². The summed E-state index contributed by atoms with van der Waals surface area (Å²) in [7, 11) is -3.83. The quantitative estimate of drug-likeness (QED) is 0.483. The monoisotopic (exact) mass is 512 g/mol. The van der Waals surface area contributed by atoms with Gasteiger partial charge in [0.15, 0.2) is 14.9 Å². The van der Waals surface area contributed by atoms with Crippen molar-refractivity contribution in [3.8, 4) is 0 Å². The van der Waals surface area contributed by atoms with Crippen LogP contribution in [0.5, 0.6) is 0 Å². The van der Waals surface area contributed by atoms with E-state index in [0.717, 1.165) is 16.5 Å². The Morgan fingerprint density at radius 2 is 1.91 bits per heavy atom. The van der Waals surface area contributed by atoms with Crippen LogP contribution in [-0.4, -0.2) is 48.8 Å². The first-order chi connectivity index (χ1) is 15.9. The highest BCUT2D eigenvalue weighted by Gasteiger charge is 2.63. The number of carbonyl (C=O) groups is 1. The van der Waals surface area contributed by atoms with Crippen LogP contribution in [0.15, 0.2) is 53.7 Å². The zero-order valence-electron chi connectivity index (χ0n) is 17.9. The van der Waals surface area contributed by atoms with Gasteiger partial charge >= 0.3 is 6.18 Å². The van der Waals surface area contributed by atoms with Crippen molar-refractivity contribution < 1.29 is 26.4 Å². The second-order valence-electron chi connectivity index (χ2n) is 8.17. The number of fused-ring (bicyclic) bond motifs is 1. The van der Waals surface area contributed by atoms with Gasteiger partial charge in [-0.2, -0.15) is 13.2 Å². The lowest BCUT2D eigenvalue weighted by atomic mass is 10.1. The van der Waals surface area contributed by atoms with Crippen molar-refractivity contribution >= 4 is 43.9 Å². The van der Waals surface area contributed by atoms with E-state index in [1.165, 1.54) is 18.3 Å². The first-order valence-corrected chi connectivity index (χ1v) is 12.5. The molecule has 0 unspecified atom stereocenters. The van der Waals surface area contributed by atoms with Gasteiger partial charge in [0, 0.05) is 17.8 Å². The highest BCUT2D eigenvalue weighted by Crippen LogP contribution is 2.48. The summed E-state index contributed by atoms with van der Waals surface area (Å²) in [5.41, 5.74) is -0.977. The summed E-state index contributed by atoms with van der Waals surface area (Å²) in [6.07, 6.45) is -2.52. The third-order valence-electron chi connectivity index (χ3n) is 5.63. The van der Waals surface area contributed by atoms with Crippen molar-refractivity contribution in [2.24, 2.45) is 0 Å². The number of rotatable bonds is 7. The molecule has 0 spiro atoms. The molecular formula is C22H20ClF3N4O3S. The Morgan fingerprint density at radius 3 is 2.56 bits per heavy atom. The maximum Gasteiger partial charge on any atom is 0.406 e. The number of hydrogen-bond donors (Lipinski definition) is 1. The first-order valence-electron chi connectivity index (χ1n) is 10.2. The third kappa shape index (κ3) is 5.01. The molecule has 2 aromatic heterocycles. The summed E-state index contributed by atoms with van der Waals surface area (Å²) < 4.78 is 64.6. The average Bonchev–Trinajstić information content (AvgIpc) is 3.56. The normalized spacial score (nSPS) is 15.3. The van der Waals surface area contributed by atoms with Crippen LogP contribution in [0.25, 0.3) is 10.9 Å². The van der Waals surface area contributed by atoms with Crippen LogP contribution in [0.2, 0.25) is 5.15 Å². The fraction of sp³-hybridized carbons (Fsp3) is 0.318. The molecule has 0 bridgehead atoms. The molecule has 34 heavy (non-hydrogen) atoms. The van der Waals surface area contributed by atoms with Gasteiger partial charge in [-0.15, -0.1) is 0 Å². The molecule has 0 aliphatic heterocycles. The number of sulfone groups is 1. The third-order valence-corrected chi connectivity index (χ3v) is 6.86. The van der Waals surface area contributed by atoms with Crippen LogP contribution in [-0.2, 0) is 21.2 Å². The fourth-order valence-corrected chi connectivity index (χ4v) is 4.59. The van der Waals surface area contributed by atoms with Gasteiger partial charge in [-0.05, 0) is 48.7 Å². The van der Waals surface area contributed by atoms with E-state index in [0.29, 0.717) is 11.1 Å². The SMILES string of the molecule is CS(=O)(=O)c1ncccc1N(Cc1ccc2ccc(Cl)nc2c1)C(=O)CNC1(C(F)(F)F)CC1. The lowest BCUT2D eigenvalue weighted by molar-refractivity contribution is -0.166. The predicted molar refractivity (Wildman–Crippen MR) is 121 cm³/mol. The number of aromatic nitrogens is 2. The minimum atomic E-state index is -4.49. The Balaban J connectivity index is 1.70. The molecule has 0 atom stereocenters. The maximum atomic E-state index is 13.3. The van der Waals surface area contributed by atoms with Gasteiger partial charge in [-0.3, -0.25) is 10.1 Å². The Kier molecular flexibility index (Phi) is 6.30. The summed E-state index contributed by atoms with van der Waals surface area (Å²) in [5, 5.41) is 3.05. The molecule has 1 amide bonds. The summed E-state index contributed by atoms with van der Waals surface area (Å²) in [4.78, 5) is 22.4. The maximum absolute atomic E-state index is 13.3. The van der Waals surface area contributed by atoms with Crippen molar-refractivity contribution in [1.29, 1.82) is 0 Å². The standard InChI is InChI=1S/C22H20ClF3N4O3S/c1-34(32,33)20-17(3-2-10-27-20)30(19(31)12-28-21(8-9-21)22(24,25)26)13-14-4-5-15-6-7-18(23)29-16(15)11-14/h2-7,10-11,28H,8-9,12-13H2,1H3. The molecule has 2 heterocycles. The van der Waals surface area contributed by atoms with E-state index in [9.17, 15) is 26.4 Å². The topological polar surface area (TPSA) is 92.3 Å². The molecule has 0 radical (unpaired) electrons. The van der Waals surface area contributed by atoms with Gasteiger partial charge in [-0.1, -0.05) is 23.7 Å². The predicted octanol–water partition coefficient (Wildman–Crippen LogP) is 3.90. The van der Waals surface area contributed by atoms with Crippen molar-refractivity contribution in [2.75, 3.05) is 17.7 Å². The van der Waals surface area contributed by atoms with Crippen LogP contribution in [0, 0.1) is 0 Å². The van der Waals surface area contributed by atoms with Crippen LogP contribution < -0.4 is 10.2 Å². The molecule has 4 rings (SSSR count). The highest BCUT2D eigenvalue weighted by atomic mass is 35.5. The second-order valence-corrected chi connectivity index (χ2v) is 10.5. The van der Waals surface area contributed by atoms with E-state index in [-0.39, 0.29) is 35.3 Å². The molecule has 1 saturated carbocycles. The number of amides is 1. The molecule has 1 aromatic carbocycles. The van der Waals surface area contributed by atoms with E-state index < -0.39 is 34.0 Å². The largest absolute Gasteiger partial charge is 0.406 e. The highest BCUT2D eigenvalue weighted by molar-refractivity contribution is 7.90. The zero-order valence-corrected chi connectivity index (χ0v) is 19.5. The Morgan fingerprint density at radius 1 is 1.21 bits per heavy atom. The summed E-state index contributed by atoms with van der Waals surface area (Å²) in [6.45, 7) is -0.743. The Bertz CT molecular complexity index is 1360. The number of pyridine rings is 2. The smallest absolute Gasteiger partial charge is 0.304 e. The number of alkyl halides is 3. The number of benzene rings is 1. The Labute approximate surface area is 198 Å². The van der Waals surface area contributed by atoms with Crippen molar-refractivity contribution in [2.45, 2.75) is 36.1 Å². The average molecular weight is 513 g/mol. The number of anilines is 1. The van der Waals surface area contributed by atoms with E-state index in [2.05, 4.69) is 15.3 Å². The van der Waals surface area contributed by atoms with Gasteiger partial charge in [0.05, 0.1) is 24.3 Å². The number of nitrogens with zero attached hydrogens (tertiary/aromatic N) is 3. The van der Waals surface area contributed by atoms with Gasteiger partial charge in [0.25, 0.3) is 0 Å². The fourth-order valence-electron chi connectivity index (χ4n) is 3.63. The van der Waals surface area contributed by atoms with Crippen molar-refractivity contribution in [3.63, 3.8) is 0 Å². The summed E-state index contributed by atoms with van der Waals surface area (Å²) in [5.74, 6) is -0.729. The van der Waals surface area contributed by atoms with Crippen LogP contribution >= 0.6 is 11.6 Å². The molecule has 0 saturated heterocycles. The minimum Gasteiger partial charge on any atom is -0.304 e. The molecule has 12 heteroatoms. The second kappa shape index (κ2) is 8.79. The first kappa shape index (κ1) is 24.4.